The molecule has 2 N–H and O–H groups in total. The van der Waals surface area contributed by atoms with Crippen LogP contribution in [0.4, 0.5) is 11.4 Å². The first-order chi connectivity index (χ1) is 12.9. The smallest absolute Gasteiger partial charge is 0.262 e. The number of likely N-dealkylation sites (N-methyl/N-ethyl adjacent to an activating group) is 1. The number of benzene rings is 2. The molecule has 2 aromatic rings. The number of nitrogens with one attached hydrogen (secondary N) is 2. The fourth-order valence-corrected chi connectivity index (χ4v) is 4.02. The quantitative estimate of drug-likeness (QED) is 0.678. The van der Waals surface area contributed by atoms with Gasteiger partial charge in [0, 0.05) is 23.4 Å². The van der Waals surface area contributed by atoms with E-state index in [1.807, 2.05) is 0 Å². The lowest BCUT2D eigenvalue weighted by Gasteiger charge is -2.15. The summed E-state index contributed by atoms with van der Waals surface area (Å²) in [4.78, 5) is 12.0. The van der Waals surface area contributed by atoms with E-state index in [1.54, 1.807) is 25.1 Å². The molecule has 0 aromatic heterocycles. The molecule has 1 amide bonds. The fraction of sp³-hybridized carbons (Fsp3) is 0.235. The number of halogens is 1. The van der Waals surface area contributed by atoms with Gasteiger partial charge in [-0.05, 0) is 48.9 Å². The summed E-state index contributed by atoms with van der Waals surface area (Å²) in [6.07, 6.45) is 0.985. The number of hydrogen-bond donors (Lipinski definition) is 2. The number of anilines is 2. The molecule has 0 saturated heterocycles. The van der Waals surface area contributed by atoms with Crippen molar-refractivity contribution in [3.8, 4) is 0 Å². The molecule has 8 nitrogen and oxygen atoms in total. The van der Waals surface area contributed by atoms with Crippen molar-refractivity contribution in [2.45, 2.75) is 11.8 Å². The van der Waals surface area contributed by atoms with E-state index in [0.717, 1.165) is 10.6 Å². The number of aryl methyl sites for hydroxylation is 1. The van der Waals surface area contributed by atoms with Gasteiger partial charge in [0.05, 0.1) is 17.7 Å². The van der Waals surface area contributed by atoms with Crippen molar-refractivity contribution in [2.24, 2.45) is 0 Å². The summed E-state index contributed by atoms with van der Waals surface area (Å²) in [5.74, 6) is -0.592. The van der Waals surface area contributed by atoms with Crippen LogP contribution in [0.2, 0.25) is 5.02 Å². The molecule has 0 aliphatic rings. The molecule has 0 aliphatic carbocycles. The Labute approximate surface area is 169 Å². The topological polar surface area (TPSA) is 113 Å². The molecular weight excluding hydrogens is 426 g/mol. The van der Waals surface area contributed by atoms with Crippen molar-refractivity contribution in [1.82, 2.24) is 4.31 Å². The maximum absolute atomic E-state index is 12.7. The van der Waals surface area contributed by atoms with Crippen molar-refractivity contribution in [2.75, 3.05) is 29.9 Å². The minimum absolute atomic E-state index is 0.0169. The Hall–Kier alpha value is -2.14. The summed E-state index contributed by atoms with van der Waals surface area (Å²) in [5.41, 5.74) is 1.05. The van der Waals surface area contributed by atoms with E-state index in [2.05, 4.69) is 10.0 Å². The largest absolute Gasteiger partial charge is 0.325 e. The van der Waals surface area contributed by atoms with E-state index in [1.165, 1.54) is 31.3 Å². The zero-order chi connectivity index (χ0) is 21.1. The van der Waals surface area contributed by atoms with Gasteiger partial charge in [0.15, 0.2) is 0 Å². The van der Waals surface area contributed by atoms with Gasteiger partial charge >= 0.3 is 0 Å². The van der Waals surface area contributed by atoms with Crippen LogP contribution in [0.3, 0.4) is 0 Å². The first-order valence-electron chi connectivity index (χ1n) is 7.99. The van der Waals surface area contributed by atoms with Crippen LogP contribution in [0, 0.1) is 6.92 Å². The summed E-state index contributed by atoms with van der Waals surface area (Å²) in [6.45, 7) is 1.23. The van der Waals surface area contributed by atoms with Crippen molar-refractivity contribution in [1.29, 1.82) is 0 Å². The van der Waals surface area contributed by atoms with Crippen LogP contribution in [-0.4, -0.2) is 46.9 Å². The van der Waals surface area contributed by atoms with E-state index in [9.17, 15) is 21.6 Å². The zero-order valence-corrected chi connectivity index (χ0v) is 17.8. The molecule has 0 fully saturated rings. The molecule has 28 heavy (non-hydrogen) atoms. The van der Waals surface area contributed by atoms with Crippen LogP contribution >= 0.6 is 11.6 Å². The molecule has 0 heterocycles. The van der Waals surface area contributed by atoms with Crippen molar-refractivity contribution in [3.63, 3.8) is 0 Å². The van der Waals surface area contributed by atoms with Crippen LogP contribution in [-0.2, 0) is 24.8 Å². The predicted molar refractivity (Wildman–Crippen MR) is 110 cm³/mol. The van der Waals surface area contributed by atoms with Gasteiger partial charge < -0.3 is 5.32 Å². The summed E-state index contributed by atoms with van der Waals surface area (Å²) in [6, 6.07) is 10.6. The first kappa shape index (κ1) is 22.2. The molecule has 2 aromatic carbocycles. The van der Waals surface area contributed by atoms with Gasteiger partial charge in [-0.3, -0.25) is 9.52 Å². The van der Waals surface area contributed by atoms with Gasteiger partial charge in [-0.1, -0.05) is 17.7 Å². The lowest BCUT2D eigenvalue weighted by Crippen LogP contribution is -2.34. The number of rotatable bonds is 7. The standard InChI is InChI=1S/C17H20ClN3O5S2/c1-12-4-7-15(19-17(22)11-21(2)27(3,23)24)10-16(12)28(25,26)20-14-8-5-13(18)6-9-14/h4-10,20H,11H2,1-3H3,(H,19,22). The highest BCUT2D eigenvalue weighted by Gasteiger charge is 2.19. The molecule has 0 aliphatic heterocycles. The highest BCUT2D eigenvalue weighted by molar-refractivity contribution is 7.92. The Morgan fingerprint density at radius 1 is 1.04 bits per heavy atom. The van der Waals surface area contributed by atoms with Gasteiger partial charge in [0.2, 0.25) is 15.9 Å². The monoisotopic (exact) mass is 445 g/mol. The third kappa shape index (κ3) is 5.93. The summed E-state index contributed by atoms with van der Waals surface area (Å²) >= 11 is 5.80. The van der Waals surface area contributed by atoms with Crippen LogP contribution in [0.15, 0.2) is 47.4 Å². The lowest BCUT2D eigenvalue weighted by molar-refractivity contribution is -0.116. The SMILES string of the molecule is Cc1ccc(NC(=O)CN(C)S(C)(=O)=O)cc1S(=O)(=O)Nc1ccc(Cl)cc1. The van der Waals surface area contributed by atoms with E-state index >= 15 is 0 Å². The Kier molecular flexibility index (Phi) is 6.71. The van der Waals surface area contributed by atoms with E-state index in [4.69, 9.17) is 11.6 Å². The van der Waals surface area contributed by atoms with Gasteiger partial charge in [-0.25, -0.2) is 16.8 Å². The highest BCUT2D eigenvalue weighted by atomic mass is 35.5. The maximum atomic E-state index is 12.7. The maximum Gasteiger partial charge on any atom is 0.262 e. The number of hydrogen-bond acceptors (Lipinski definition) is 5. The average Bonchev–Trinajstić information content (AvgIpc) is 2.57. The number of carbonyl (C=O) groups excluding carboxylic acids is 1. The predicted octanol–water partition coefficient (Wildman–Crippen LogP) is 2.28. The van der Waals surface area contributed by atoms with E-state index in [-0.39, 0.29) is 10.6 Å². The molecule has 0 unspecified atom stereocenters. The molecule has 152 valence electrons. The lowest BCUT2D eigenvalue weighted by atomic mass is 10.2. The number of sulfonamides is 2. The second-order valence-electron chi connectivity index (χ2n) is 6.16. The summed E-state index contributed by atoms with van der Waals surface area (Å²) in [5, 5.41) is 2.98. The summed E-state index contributed by atoms with van der Waals surface area (Å²) in [7, 11) is -6.15. The second-order valence-corrected chi connectivity index (χ2v) is 10.3. The van der Waals surface area contributed by atoms with Crippen LogP contribution in [0.25, 0.3) is 0 Å². The van der Waals surface area contributed by atoms with Gasteiger partial charge in [0.1, 0.15) is 0 Å². The Bertz CT molecular complexity index is 1080. The minimum Gasteiger partial charge on any atom is -0.325 e. The number of amides is 1. The van der Waals surface area contributed by atoms with Crippen molar-refractivity contribution >= 4 is 48.9 Å². The van der Waals surface area contributed by atoms with E-state index < -0.39 is 32.5 Å². The van der Waals surface area contributed by atoms with Crippen molar-refractivity contribution in [3.05, 3.63) is 53.1 Å². The first-order valence-corrected chi connectivity index (χ1v) is 11.7. The Balaban J connectivity index is 2.22. The van der Waals surface area contributed by atoms with Crippen LogP contribution < -0.4 is 10.0 Å². The summed E-state index contributed by atoms with van der Waals surface area (Å²) < 4.78 is 51.5. The average molecular weight is 446 g/mol. The Morgan fingerprint density at radius 2 is 1.61 bits per heavy atom. The van der Waals surface area contributed by atoms with Crippen LogP contribution in [0.1, 0.15) is 5.56 Å². The van der Waals surface area contributed by atoms with Gasteiger partial charge in [-0.15, -0.1) is 0 Å². The molecule has 0 saturated carbocycles. The highest BCUT2D eigenvalue weighted by Crippen LogP contribution is 2.23. The third-order valence-corrected chi connectivity index (χ3v) is 6.83. The third-order valence-electron chi connectivity index (χ3n) is 3.79. The van der Waals surface area contributed by atoms with Crippen LogP contribution in [0.5, 0.6) is 0 Å². The Morgan fingerprint density at radius 3 is 2.18 bits per heavy atom. The second kappa shape index (κ2) is 8.48. The fourth-order valence-electron chi connectivity index (χ4n) is 2.22. The van der Waals surface area contributed by atoms with Crippen molar-refractivity contribution < 1.29 is 21.6 Å². The van der Waals surface area contributed by atoms with Gasteiger partial charge in [-0.2, -0.15) is 4.31 Å². The minimum atomic E-state index is -3.91. The molecule has 2 rings (SSSR count). The molecular formula is C17H20ClN3O5S2. The molecule has 0 radical (unpaired) electrons. The molecule has 11 heteroatoms. The van der Waals surface area contributed by atoms with E-state index in [0.29, 0.717) is 16.3 Å². The normalized spacial score (nSPS) is 12.0. The zero-order valence-electron chi connectivity index (χ0n) is 15.4. The number of carbonyl (C=O) groups is 1. The van der Waals surface area contributed by atoms with Gasteiger partial charge in [0.25, 0.3) is 10.0 Å². The molecule has 0 spiro atoms. The number of nitrogens with zero attached hydrogens (tertiary/aromatic N) is 1. The molecule has 0 bridgehead atoms. The molecule has 0 atom stereocenters.